The van der Waals surface area contributed by atoms with Crippen molar-refractivity contribution in [2.75, 3.05) is 30.3 Å². The number of carbonyl (C=O) groups excluding carboxylic acids is 3. The highest BCUT2D eigenvalue weighted by Gasteiger charge is 2.27. The maximum atomic E-state index is 12.6. The smallest absolute Gasteiger partial charge is 0.291 e. The second-order valence-electron chi connectivity index (χ2n) is 7.75. The molecule has 0 radical (unpaired) electrons. The van der Waals surface area contributed by atoms with E-state index in [1.54, 1.807) is 53.4 Å². The van der Waals surface area contributed by atoms with E-state index in [-0.39, 0.29) is 36.0 Å². The quantitative estimate of drug-likeness (QED) is 0.529. The van der Waals surface area contributed by atoms with Crippen molar-refractivity contribution in [2.45, 2.75) is 12.8 Å². The number of anilines is 2. The van der Waals surface area contributed by atoms with Crippen LogP contribution in [-0.4, -0.2) is 47.3 Å². The Morgan fingerprint density at radius 2 is 1.91 bits per heavy atom. The van der Waals surface area contributed by atoms with Gasteiger partial charge in [-0.05, 0) is 49.2 Å². The van der Waals surface area contributed by atoms with Crippen LogP contribution in [-0.2, 0) is 9.59 Å². The minimum Gasteiger partial charge on any atom is -0.484 e. The number of nitrogens with one attached hydrogen (secondary N) is 2. The van der Waals surface area contributed by atoms with E-state index in [0.29, 0.717) is 48.2 Å². The minimum absolute atomic E-state index is 0.119. The summed E-state index contributed by atoms with van der Waals surface area (Å²) < 4.78 is 10.7. The Morgan fingerprint density at radius 3 is 2.62 bits per heavy atom. The molecule has 1 aromatic carbocycles. The zero-order valence-corrected chi connectivity index (χ0v) is 19.0. The summed E-state index contributed by atoms with van der Waals surface area (Å²) in [5.74, 6) is 0.242. The Bertz CT molecular complexity index is 1140. The Kier molecular flexibility index (Phi) is 7.44. The number of amides is 3. The highest BCUT2D eigenvalue weighted by molar-refractivity contribution is 6.30. The van der Waals surface area contributed by atoms with E-state index in [2.05, 4.69) is 15.6 Å². The number of likely N-dealkylation sites (tertiary alicyclic amines) is 1. The lowest BCUT2D eigenvalue weighted by Gasteiger charge is -2.31. The molecule has 10 heteroatoms. The Morgan fingerprint density at radius 1 is 1.09 bits per heavy atom. The van der Waals surface area contributed by atoms with Gasteiger partial charge in [0.2, 0.25) is 5.91 Å². The lowest BCUT2D eigenvalue weighted by Crippen LogP contribution is -2.43. The Labute approximate surface area is 201 Å². The Balaban J connectivity index is 1.22. The third kappa shape index (κ3) is 6.14. The molecular weight excluding hydrogens is 460 g/mol. The Hall–Kier alpha value is -3.85. The standard InChI is InChI=1S/C24H23ClN4O5/c25-17-6-7-21(26-14-17)28-23(31)16-8-10-29(11-9-16)22(30)15-34-19-4-1-3-18(13-19)27-24(32)20-5-2-12-33-20/h1-7,12-14,16H,8-11,15H2,(H,27,32)(H,26,28,31). The number of hydrogen-bond donors (Lipinski definition) is 2. The maximum absolute atomic E-state index is 12.6. The van der Waals surface area contributed by atoms with Crippen LogP contribution in [0.25, 0.3) is 0 Å². The second kappa shape index (κ2) is 10.8. The van der Waals surface area contributed by atoms with Gasteiger partial charge in [0, 0.05) is 37.0 Å². The lowest BCUT2D eigenvalue weighted by molar-refractivity contribution is -0.136. The van der Waals surface area contributed by atoms with Gasteiger partial charge in [0.25, 0.3) is 11.8 Å². The van der Waals surface area contributed by atoms with E-state index in [1.807, 2.05) is 0 Å². The van der Waals surface area contributed by atoms with Crippen LogP contribution >= 0.6 is 11.6 Å². The molecule has 1 aliphatic heterocycles. The molecule has 1 saturated heterocycles. The van der Waals surface area contributed by atoms with Crippen LogP contribution in [0.2, 0.25) is 5.02 Å². The molecule has 0 saturated carbocycles. The average Bonchev–Trinajstić information content (AvgIpc) is 3.40. The monoisotopic (exact) mass is 482 g/mol. The van der Waals surface area contributed by atoms with Crippen molar-refractivity contribution in [3.05, 3.63) is 71.8 Å². The molecule has 0 atom stereocenters. The number of ether oxygens (including phenoxy) is 1. The highest BCUT2D eigenvalue weighted by Crippen LogP contribution is 2.21. The van der Waals surface area contributed by atoms with E-state index in [1.165, 1.54) is 12.5 Å². The maximum Gasteiger partial charge on any atom is 0.291 e. The summed E-state index contributed by atoms with van der Waals surface area (Å²) in [6.45, 7) is 0.794. The van der Waals surface area contributed by atoms with Crippen molar-refractivity contribution in [3.63, 3.8) is 0 Å². The molecule has 0 aliphatic carbocycles. The summed E-state index contributed by atoms with van der Waals surface area (Å²) in [6, 6.07) is 13.3. The average molecular weight is 483 g/mol. The number of halogens is 1. The number of rotatable bonds is 7. The number of carbonyl (C=O) groups is 3. The van der Waals surface area contributed by atoms with Gasteiger partial charge >= 0.3 is 0 Å². The van der Waals surface area contributed by atoms with Gasteiger partial charge in [-0.15, -0.1) is 0 Å². The van der Waals surface area contributed by atoms with Gasteiger partial charge in [-0.25, -0.2) is 4.98 Å². The number of piperidine rings is 1. The third-order valence-corrected chi connectivity index (χ3v) is 5.62. The SMILES string of the molecule is O=C(Nc1cccc(OCC(=O)N2CCC(C(=O)Nc3ccc(Cl)cn3)CC2)c1)c1ccco1. The van der Waals surface area contributed by atoms with E-state index in [9.17, 15) is 14.4 Å². The first-order chi connectivity index (χ1) is 16.5. The normalized spacial score (nSPS) is 13.9. The summed E-state index contributed by atoms with van der Waals surface area (Å²) in [4.78, 5) is 42.9. The van der Waals surface area contributed by atoms with Crippen molar-refractivity contribution in [2.24, 2.45) is 5.92 Å². The van der Waals surface area contributed by atoms with Crippen LogP contribution in [0.1, 0.15) is 23.4 Å². The zero-order chi connectivity index (χ0) is 23.9. The summed E-state index contributed by atoms with van der Waals surface area (Å²) in [6.07, 6.45) is 4.01. The number of furan rings is 1. The zero-order valence-electron chi connectivity index (χ0n) is 18.2. The molecule has 1 aliphatic rings. The summed E-state index contributed by atoms with van der Waals surface area (Å²) in [7, 11) is 0. The van der Waals surface area contributed by atoms with E-state index < -0.39 is 0 Å². The minimum atomic E-state index is -0.378. The number of nitrogens with zero attached hydrogens (tertiary/aromatic N) is 2. The van der Waals surface area contributed by atoms with Crippen molar-refractivity contribution >= 4 is 40.8 Å². The van der Waals surface area contributed by atoms with Gasteiger partial charge in [0.1, 0.15) is 11.6 Å². The van der Waals surface area contributed by atoms with Crippen LogP contribution in [0.4, 0.5) is 11.5 Å². The molecule has 3 heterocycles. The van der Waals surface area contributed by atoms with Crippen LogP contribution in [0.15, 0.2) is 65.4 Å². The molecule has 3 amide bonds. The molecule has 1 fully saturated rings. The van der Waals surface area contributed by atoms with Crippen LogP contribution < -0.4 is 15.4 Å². The molecule has 2 aromatic heterocycles. The first-order valence-corrected chi connectivity index (χ1v) is 11.1. The first kappa shape index (κ1) is 23.3. The van der Waals surface area contributed by atoms with Gasteiger partial charge in [-0.1, -0.05) is 17.7 Å². The van der Waals surface area contributed by atoms with Crippen LogP contribution in [0, 0.1) is 5.92 Å². The lowest BCUT2D eigenvalue weighted by atomic mass is 9.96. The van der Waals surface area contributed by atoms with Gasteiger partial charge in [-0.2, -0.15) is 0 Å². The van der Waals surface area contributed by atoms with Crippen molar-refractivity contribution in [1.82, 2.24) is 9.88 Å². The summed E-state index contributed by atoms with van der Waals surface area (Å²) in [5.41, 5.74) is 0.522. The van der Waals surface area contributed by atoms with E-state index in [0.717, 1.165) is 0 Å². The van der Waals surface area contributed by atoms with Gasteiger partial charge in [-0.3, -0.25) is 14.4 Å². The molecule has 176 valence electrons. The topological polar surface area (TPSA) is 114 Å². The third-order valence-electron chi connectivity index (χ3n) is 5.40. The van der Waals surface area contributed by atoms with Gasteiger partial charge in [0.15, 0.2) is 12.4 Å². The number of hydrogen-bond acceptors (Lipinski definition) is 6. The number of aromatic nitrogens is 1. The molecular formula is C24H23ClN4O5. The molecule has 4 rings (SSSR count). The molecule has 2 N–H and O–H groups in total. The predicted octanol–water partition coefficient (Wildman–Crippen LogP) is 3.84. The molecule has 0 unspecified atom stereocenters. The summed E-state index contributed by atoms with van der Waals surface area (Å²) in [5, 5.41) is 6.00. The van der Waals surface area contributed by atoms with Crippen LogP contribution in [0.3, 0.4) is 0 Å². The van der Waals surface area contributed by atoms with Crippen molar-refractivity contribution in [1.29, 1.82) is 0 Å². The fourth-order valence-corrected chi connectivity index (χ4v) is 3.68. The number of benzene rings is 1. The first-order valence-electron chi connectivity index (χ1n) is 10.8. The second-order valence-corrected chi connectivity index (χ2v) is 8.19. The van der Waals surface area contributed by atoms with Gasteiger partial charge < -0.3 is 24.7 Å². The summed E-state index contributed by atoms with van der Waals surface area (Å²) >= 11 is 5.81. The highest BCUT2D eigenvalue weighted by atomic mass is 35.5. The number of pyridine rings is 1. The molecule has 3 aromatic rings. The van der Waals surface area contributed by atoms with Crippen molar-refractivity contribution in [3.8, 4) is 5.75 Å². The largest absolute Gasteiger partial charge is 0.484 e. The molecule has 0 bridgehead atoms. The van der Waals surface area contributed by atoms with Crippen LogP contribution in [0.5, 0.6) is 5.75 Å². The van der Waals surface area contributed by atoms with Gasteiger partial charge in [0.05, 0.1) is 11.3 Å². The van der Waals surface area contributed by atoms with Crippen molar-refractivity contribution < 1.29 is 23.5 Å². The van der Waals surface area contributed by atoms with E-state index >= 15 is 0 Å². The van der Waals surface area contributed by atoms with E-state index in [4.69, 9.17) is 20.8 Å². The predicted molar refractivity (Wildman–Crippen MR) is 126 cm³/mol. The molecule has 34 heavy (non-hydrogen) atoms. The molecule has 9 nitrogen and oxygen atoms in total. The fourth-order valence-electron chi connectivity index (χ4n) is 3.57. The molecule has 0 spiro atoms. The fraction of sp³-hybridized carbons (Fsp3) is 0.250.